The van der Waals surface area contributed by atoms with Crippen molar-refractivity contribution in [3.05, 3.63) is 24.0 Å². The van der Waals surface area contributed by atoms with Crippen LogP contribution in [0.25, 0.3) is 0 Å². The van der Waals surface area contributed by atoms with Crippen molar-refractivity contribution >= 4 is 29.5 Å². The SMILES string of the molecule is CC(C)(C)OC(=O)NCC1CCN(c2ccc(C(=O)NC3CCC(=O)NC3=O)nc2)CC1. The van der Waals surface area contributed by atoms with Crippen LogP contribution in [0.3, 0.4) is 0 Å². The fraction of sp³-hybridized carbons (Fsp3) is 0.591. The van der Waals surface area contributed by atoms with Crippen LogP contribution in [0.15, 0.2) is 18.3 Å². The molecule has 2 aliphatic rings. The molecular formula is C22H31N5O5. The Morgan fingerprint density at radius 2 is 1.91 bits per heavy atom. The smallest absolute Gasteiger partial charge is 0.407 e. The predicted octanol–water partition coefficient (Wildman–Crippen LogP) is 1.36. The second-order valence-corrected chi connectivity index (χ2v) is 9.19. The van der Waals surface area contributed by atoms with Crippen LogP contribution in [0, 0.1) is 5.92 Å². The summed E-state index contributed by atoms with van der Waals surface area (Å²) in [5.74, 6) is -0.883. The monoisotopic (exact) mass is 445 g/mol. The van der Waals surface area contributed by atoms with Crippen LogP contribution < -0.4 is 20.9 Å². The molecule has 2 fully saturated rings. The van der Waals surface area contributed by atoms with Crippen molar-refractivity contribution < 1.29 is 23.9 Å². The first-order chi connectivity index (χ1) is 15.1. The molecule has 32 heavy (non-hydrogen) atoms. The Labute approximate surface area is 187 Å². The van der Waals surface area contributed by atoms with Gasteiger partial charge >= 0.3 is 6.09 Å². The maximum absolute atomic E-state index is 12.4. The van der Waals surface area contributed by atoms with Gasteiger partial charge in [0.25, 0.3) is 5.91 Å². The summed E-state index contributed by atoms with van der Waals surface area (Å²) in [6.07, 6.45) is 3.59. The molecule has 0 aromatic carbocycles. The number of hydrogen-bond donors (Lipinski definition) is 3. The number of imide groups is 1. The number of pyridine rings is 1. The average Bonchev–Trinajstić information content (AvgIpc) is 2.73. The van der Waals surface area contributed by atoms with Crippen molar-refractivity contribution in [2.75, 3.05) is 24.5 Å². The minimum absolute atomic E-state index is 0.201. The molecule has 4 amide bonds. The Morgan fingerprint density at radius 3 is 2.50 bits per heavy atom. The number of rotatable bonds is 5. The number of carbonyl (C=O) groups excluding carboxylic acids is 4. The zero-order valence-electron chi connectivity index (χ0n) is 18.8. The molecular weight excluding hydrogens is 414 g/mol. The third-order valence-corrected chi connectivity index (χ3v) is 5.44. The van der Waals surface area contributed by atoms with E-state index in [2.05, 4.69) is 25.8 Å². The number of ether oxygens (including phenoxy) is 1. The summed E-state index contributed by atoms with van der Waals surface area (Å²) in [6.45, 7) is 7.74. The summed E-state index contributed by atoms with van der Waals surface area (Å²) in [7, 11) is 0. The van der Waals surface area contributed by atoms with Gasteiger partial charge in [-0.05, 0) is 58.1 Å². The Hall–Kier alpha value is -3.17. The number of hydrogen-bond acceptors (Lipinski definition) is 7. The minimum Gasteiger partial charge on any atom is -0.444 e. The molecule has 1 unspecified atom stereocenters. The van der Waals surface area contributed by atoms with Crippen molar-refractivity contribution in [1.82, 2.24) is 20.9 Å². The van der Waals surface area contributed by atoms with Crippen LogP contribution in [0.4, 0.5) is 10.5 Å². The number of nitrogens with zero attached hydrogens (tertiary/aromatic N) is 2. The maximum atomic E-state index is 12.4. The molecule has 0 spiro atoms. The number of alkyl carbamates (subject to hydrolysis) is 1. The highest BCUT2D eigenvalue weighted by atomic mass is 16.6. The summed E-state index contributed by atoms with van der Waals surface area (Å²) in [6, 6.07) is 2.74. The second kappa shape index (κ2) is 9.97. The zero-order valence-corrected chi connectivity index (χ0v) is 18.8. The van der Waals surface area contributed by atoms with Gasteiger partial charge < -0.3 is 20.3 Å². The fourth-order valence-electron chi connectivity index (χ4n) is 3.71. The van der Waals surface area contributed by atoms with E-state index in [1.165, 1.54) is 0 Å². The van der Waals surface area contributed by atoms with Gasteiger partial charge in [0.1, 0.15) is 17.3 Å². The quantitative estimate of drug-likeness (QED) is 0.584. The lowest BCUT2D eigenvalue weighted by molar-refractivity contribution is -0.134. The molecule has 0 radical (unpaired) electrons. The number of anilines is 1. The molecule has 0 saturated carbocycles. The molecule has 1 aromatic rings. The van der Waals surface area contributed by atoms with E-state index < -0.39 is 29.6 Å². The fourth-order valence-corrected chi connectivity index (χ4v) is 3.71. The molecule has 3 heterocycles. The zero-order chi connectivity index (χ0) is 23.3. The topological polar surface area (TPSA) is 130 Å². The molecule has 1 aromatic heterocycles. The van der Waals surface area contributed by atoms with Gasteiger partial charge in [-0.1, -0.05) is 0 Å². The van der Waals surface area contributed by atoms with E-state index in [0.29, 0.717) is 12.5 Å². The number of piperidine rings is 2. The third kappa shape index (κ3) is 6.66. The largest absolute Gasteiger partial charge is 0.444 e. The Morgan fingerprint density at radius 1 is 1.19 bits per heavy atom. The van der Waals surface area contributed by atoms with Crippen molar-refractivity contribution in [3.63, 3.8) is 0 Å². The first-order valence-electron chi connectivity index (χ1n) is 10.9. The van der Waals surface area contributed by atoms with Crippen LogP contribution in [-0.4, -0.2) is 60.1 Å². The first kappa shape index (κ1) is 23.5. The molecule has 1 atom stereocenters. The van der Waals surface area contributed by atoms with Crippen molar-refractivity contribution in [2.45, 2.75) is 58.1 Å². The maximum Gasteiger partial charge on any atom is 0.407 e. The van der Waals surface area contributed by atoms with Crippen molar-refractivity contribution in [1.29, 1.82) is 0 Å². The summed E-state index contributed by atoms with van der Waals surface area (Å²) in [5.41, 5.74) is 0.627. The molecule has 2 aliphatic heterocycles. The van der Waals surface area contributed by atoms with Crippen LogP contribution in [-0.2, 0) is 14.3 Å². The average molecular weight is 446 g/mol. The first-order valence-corrected chi connectivity index (χ1v) is 10.9. The molecule has 3 N–H and O–H groups in total. The third-order valence-electron chi connectivity index (χ3n) is 5.44. The Bertz CT molecular complexity index is 856. The van der Waals surface area contributed by atoms with Crippen molar-refractivity contribution in [3.8, 4) is 0 Å². The highest BCUT2D eigenvalue weighted by Crippen LogP contribution is 2.22. The molecule has 3 rings (SSSR count). The lowest BCUT2D eigenvalue weighted by atomic mass is 9.96. The van der Waals surface area contributed by atoms with E-state index in [4.69, 9.17) is 4.74 Å². The number of aromatic nitrogens is 1. The molecule has 174 valence electrons. The van der Waals surface area contributed by atoms with E-state index in [0.717, 1.165) is 31.6 Å². The van der Waals surface area contributed by atoms with Gasteiger partial charge in [0.05, 0.1) is 11.9 Å². The standard InChI is InChI=1S/C22H31N5O5/c1-22(2,3)32-21(31)24-12-14-8-10-27(11-9-14)15-4-5-16(23-13-15)19(29)25-17-6-7-18(28)26-20(17)30/h4-5,13-14,17H,6-12H2,1-3H3,(H,24,31)(H,25,29)(H,26,28,30). The van der Waals surface area contributed by atoms with Crippen molar-refractivity contribution in [2.24, 2.45) is 5.92 Å². The van der Waals surface area contributed by atoms with Gasteiger partial charge in [-0.2, -0.15) is 0 Å². The van der Waals surface area contributed by atoms with Crippen LogP contribution in [0.1, 0.15) is 56.9 Å². The van der Waals surface area contributed by atoms with Gasteiger partial charge in [0.15, 0.2) is 0 Å². The Kier molecular flexibility index (Phi) is 7.32. The minimum atomic E-state index is -0.727. The van der Waals surface area contributed by atoms with Crippen LogP contribution in [0.5, 0.6) is 0 Å². The number of carbonyl (C=O) groups is 4. The molecule has 2 saturated heterocycles. The van der Waals surface area contributed by atoms with E-state index in [1.807, 2.05) is 26.8 Å². The second-order valence-electron chi connectivity index (χ2n) is 9.19. The summed E-state index contributed by atoms with van der Waals surface area (Å²) < 4.78 is 5.27. The molecule has 0 bridgehead atoms. The molecule has 10 heteroatoms. The molecule has 10 nitrogen and oxygen atoms in total. The normalized spacial score (nSPS) is 19.8. The summed E-state index contributed by atoms with van der Waals surface area (Å²) in [5, 5.41) is 7.68. The summed E-state index contributed by atoms with van der Waals surface area (Å²) in [4.78, 5) is 53.7. The van der Waals surface area contributed by atoms with E-state index in [-0.39, 0.29) is 24.4 Å². The van der Waals surface area contributed by atoms with Crippen LogP contribution >= 0.6 is 0 Å². The highest BCUT2D eigenvalue weighted by molar-refractivity contribution is 6.03. The van der Waals surface area contributed by atoms with E-state index in [1.54, 1.807) is 12.3 Å². The summed E-state index contributed by atoms with van der Waals surface area (Å²) >= 11 is 0. The van der Waals surface area contributed by atoms with E-state index in [9.17, 15) is 19.2 Å². The van der Waals surface area contributed by atoms with Gasteiger partial charge in [0, 0.05) is 26.1 Å². The van der Waals surface area contributed by atoms with Gasteiger partial charge in [-0.15, -0.1) is 0 Å². The van der Waals surface area contributed by atoms with E-state index >= 15 is 0 Å². The lowest BCUT2D eigenvalue weighted by Gasteiger charge is -2.33. The molecule has 0 aliphatic carbocycles. The van der Waals surface area contributed by atoms with Gasteiger partial charge in [-0.25, -0.2) is 9.78 Å². The highest BCUT2D eigenvalue weighted by Gasteiger charge is 2.28. The number of nitrogens with one attached hydrogen (secondary N) is 3. The number of amides is 4. The Balaban J connectivity index is 1.44. The van der Waals surface area contributed by atoms with Gasteiger partial charge in [-0.3, -0.25) is 19.7 Å². The van der Waals surface area contributed by atoms with Crippen LogP contribution in [0.2, 0.25) is 0 Å². The predicted molar refractivity (Wildman–Crippen MR) is 117 cm³/mol. The lowest BCUT2D eigenvalue weighted by Crippen LogP contribution is -2.52. The van der Waals surface area contributed by atoms with Gasteiger partial charge in [0.2, 0.25) is 11.8 Å².